The average molecular weight is 456 g/mol. The maximum absolute atomic E-state index is 12.8. The first-order valence-corrected chi connectivity index (χ1v) is 11.7. The molecule has 2 aromatic carbocycles. The Morgan fingerprint density at radius 3 is 2.62 bits per heavy atom. The van der Waals surface area contributed by atoms with Gasteiger partial charge in [0.25, 0.3) is 11.8 Å². The number of fused-ring (bicyclic) bond motifs is 2. The molecule has 0 bridgehead atoms. The van der Waals surface area contributed by atoms with Crippen LogP contribution >= 0.6 is 22.7 Å². The second-order valence-corrected chi connectivity index (χ2v) is 9.48. The van der Waals surface area contributed by atoms with E-state index in [9.17, 15) is 14.9 Å². The van der Waals surface area contributed by atoms with Crippen LogP contribution in [0.4, 0.5) is 0 Å². The maximum Gasteiger partial charge on any atom is 0.271 e. The summed E-state index contributed by atoms with van der Waals surface area (Å²) in [6, 6.07) is 18.4. The second kappa shape index (κ2) is 7.83. The van der Waals surface area contributed by atoms with Crippen molar-refractivity contribution in [1.82, 2.24) is 9.88 Å². The molecular formula is C25H17N3O2S2. The van der Waals surface area contributed by atoms with E-state index >= 15 is 0 Å². The number of thiophene rings is 1. The molecule has 7 heteroatoms. The smallest absolute Gasteiger partial charge is 0.271 e. The zero-order valence-electron chi connectivity index (χ0n) is 17.4. The topological polar surface area (TPSA) is 74.1 Å². The van der Waals surface area contributed by atoms with Gasteiger partial charge in [-0.15, -0.1) is 22.7 Å². The van der Waals surface area contributed by atoms with E-state index in [0.29, 0.717) is 11.1 Å². The van der Waals surface area contributed by atoms with E-state index in [2.05, 4.69) is 24.3 Å². The lowest BCUT2D eigenvalue weighted by atomic mass is 9.95. The molecule has 2 aromatic heterocycles. The van der Waals surface area contributed by atoms with Gasteiger partial charge in [0.15, 0.2) is 0 Å². The number of amides is 2. The van der Waals surface area contributed by atoms with Gasteiger partial charge in [-0.1, -0.05) is 42.5 Å². The van der Waals surface area contributed by atoms with Crippen LogP contribution in [0.1, 0.15) is 18.7 Å². The molecule has 5 rings (SSSR count). The number of hydrogen-bond donors (Lipinski definition) is 0. The lowest BCUT2D eigenvalue weighted by Gasteiger charge is -2.26. The lowest BCUT2D eigenvalue weighted by Crippen LogP contribution is -2.42. The summed E-state index contributed by atoms with van der Waals surface area (Å²) in [6.45, 7) is 3.60. The minimum atomic E-state index is -0.525. The molecule has 0 saturated carbocycles. The number of hydrogen-bond acceptors (Lipinski definition) is 6. The standard InChI is InChI=1S/C25H17N3O2S2/c1-3-28-24(29)19(14(2)20(13-26)25(28)30)11-16-12-21-23(31-16)27-22(32-21)18-10-6-8-15-7-4-5-9-17(15)18/h4-12H,3H2,1-2H3/b19-11-. The molecule has 0 fully saturated rings. The van der Waals surface area contributed by atoms with Crippen molar-refractivity contribution < 1.29 is 9.59 Å². The molecule has 1 aliphatic rings. The highest BCUT2D eigenvalue weighted by atomic mass is 32.1. The van der Waals surface area contributed by atoms with Crippen molar-refractivity contribution in [2.24, 2.45) is 0 Å². The second-order valence-electron chi connectivity index (χ2n) is 7.39. The number of rotatable bonds is 3. The molecule has 1 aliphatic heterocycles. The van der Waals surface area contributed by atoms with Crippen LogP contribution in [0.15, 0.2) is 65.3 Å². The monoisotopic (exact) mass is 455 g/mol. The third kappa shape index (κ3) is 3.16. The van der Waals surface area contributed by atoms with Gasteiger partial charge < -0.3 is 0 Å². The third-order valence-corrected chi connectivity index (χ3v) is 7.70. The normalized spacial score (nSPS) is 15.9. The Morgan fingerprint density at radius 2 is 1.88 bits per heavy atom. The van der Waals surface area contributed by atoms with Gasteiger partial charge in [-0.05, 0) is 42.3 Å². The largest absolute Gasteiger partial charge is 0.274 e. The zero-order valence-corrected chi connectivity index (χ0v) is 19.0. The quantitative estimate of drug-likeness (QED) is 0.289. The average Bonchev–Trinajstić information content (AvgIpc) is 3.36. The van der Waals surface area contributed by atoms with E-state index in [4.69, 9.17) is 4.98 Å². The maximum atomic E-state index is 12.8. The molecule has 0 radical (unpaired) electrons. The number of carbonyl (C=O) groups is 2. The highest BCUT2D eigenvalue weighted by Crippen LogP contribution is 2.39. The first-order valence-electron chi connectivity index (χ1n) is 10.1. The highest BCUT2D eigenvalue weighted by Gasteiger charge is 2.34. The Morgan fingerprint density at radius 1 is 1.09 bits per heavy atom. The van der Waals surface area contributed by atoms with Crippen molar-refractivity contribution in [3.63, 3.8) is 0 Å². The Kier molecular flexibility index (Phi) is 4.97. The Labute approximate surface area is 192 Å². The number of likely N-dealkylation sites (N-methyl/N-ethyl adjacent to an activating group) is 1. The van der Waals surface area contributed by atoms with Gasteiger partial charge in [0.2, 0.25) is 0 Å². The van der Waals surface area contributed by atoms with Gasteiger partial charge in [0.1, 0.15) is 21.5 Å². The summed E-state index contributed by atoms with van der Waals surface area (Å²) in [5.41, 5.74) is 1.93. The van der Waals surface area contributed by atoms with Gasteiger partial charge in [0.05, 0.1) is 4.70 Å². The molecule has 0 atom stereocenters. The van der Waals surface area contributed by atoms with Crippen molar-refractivity contribution in [3.8, 4) is 16.6 Å². The van der Waals surface area contributed by atoms with Crippen LogP contribution in [0, 0.1) is 11.3 Å². The lowest BCUT2D eigenvalue weighted by molar-refractivity contribution is -0.140. The van der Waals surface area contributed by atoms with E-state index in [1.165, 1.54) is 22.1 Å². The molecule has 0 aliphatic carbocycles. The van der Waals surface area contributed by atoms with Crippen molar-refractivity contribution in [2.75, 3.05) is 6.54 Å². The fourth-order valence-electron chi connectivity index (χ4n) is 3.91. The third-order valence-electron chi connectivity index (χ3n) is 5.56. The van der Waals surface area contributed by atoms with Gasteiger partial charge in [0, 0.05) is 22.6 Å². The number of thiazole rings is 1. The fraction of sp³-hybridized carbons (Fsp3) is 0.120. The Balaban J connectivity index is 1.57. The van der Waals surface area contributed by atoms with Crippen LogP contribution in [0.5, 0.6) is 0 Å². The van der Waals surface area contributed by atoms with Gasteiger partial charge in [-0.25, -0.2) is 4.98 Å². The van der Waals surface area contributed by atoms with Gasteiger partial charge in [-0.2, -0.15) is 5.26 Å². The summed E-state index contributed by atoms with van der Waals surface area (Å²) in [5, 5.41) is 12.7. The molecule has 32 heavy (non-hydrogen) atoms. The van der Waals surface area contributed by atoms with Crippen LogP contribution in [0.25, 0.3) is 36.9 Å². The Bertz CT molecular complexity index is 1490. The number of imide groups is 1. The number of nitriles is 1. The van der Waals surface area contributed by atoms with Crippen LogP contribution in [-0.4, -0.2) is 28.2 Å². The van der Waals surface area contributed by atoms with Crippen molar-refractivity contribution >= 4 is 60.9 Å². The molecule has 0 spiro atoms. The van der Waals surface area contributed by atoms with Crippen LogP contribution in [0.3, 0.4) is 0 Å². The molecule has 0 unspecified atom stereocenters. The number of carbonyl (C=O) groups excluding carboxylic acids is 2. The van der Waals surface area contributed by atoms with Crippen molar-refractivity contribution in [3.05, 3.63) is 70.1 Å². The zero-order chi connectivity index (χ0) is 22.4. The number of nitrogens with zero attached hydrogens (tertiary/aromatic N) is 3. The van der Waals surface area contributed by atoms with E-state index in [0.717, 1.165) is 29.9 Å². The summed E-state index contributed by atoms with van der Waals surface area (Å²) >= 11 is 3.11. The molecule has 156 valence electrons. The first-order chi connectivity index (χ1) is 15.5. The molecule has 0 N–H and O–H groups in total. The van der Waals surface area contributed by atoms with Gasteiger partial charge >= 0.3 is 0 Å². The molecule has 4 aromatic rings. The molecule has 3 heterocycles. The highest BCUT2D eigenvalue weighted by molar-refractivity contribution is 7.29. The molecule has 5 nitrogen and oxygen atoms in total. The minimum absolute atomic E-state index is 0.0208. The summed E-state index contributed by atoms with van der Waals surface area (Å²) in [4.78, 5) is 32.9. The van der Waals surface area contributed by atoms with Gasteiger partial charge in [-0.3, -0.25) is 14.5 Å². The summed E-state index contributed by atoms with van der Waals surface area (Å²) in [6.07, 6.45) is 1.76. The fourth-order valence-corrected chi connectivity index (χ4v) is 6.12. The van der Waals surface area contributed by atoms with E-state index in [1.807, 2.05) is 30.3 Å². The Hall–Kier alpha value is -3.60. The number of aromatic nitrogens is 1. The predicted octanol–water partition coefficient (Wildman–Crippen LogP) is 5.79. The summed E-state index contributed by atoms with van der Waals surface area (Å²) < 4.78 is 1.04. The minimum Gasteiger partial charge on any atom is -0.274 e. The van der Waals surface area contributed by atoms with Crippen molar-refractivity contribution in [1.29, 1.82) is 5.26 Å². The SMILES string of the molecule is CCN1C(=O)C(C#N)=C(C)/C(=C/c2cc3sc(-c4cccc5ccccc45)nc3s2)C1=O. The predicted molar refractivity (Wildman–Crippen MR) is 129 cm³/mol. The van der Waals surface area contributed by atoms with Crippen molar-refractivity contribution in [2.45, 2.75) is 13.8 Å². The van der Waals surface area contributed by atoms with E-state index < -0.39 is 5.91 Å². The molecular weight excluding hydrogens is 438 g/mol. The van der Waals surface area contributed by atoms with Crippen LogP contribution in [0.2, 0.25) is 0 Å². The van der Waals surface area contributed by atoms with E-state index in [1.54, 1.807) is 31.3 Å². The van der Waals surface area contributed by atoms with Crippen LogP contribution < -0.4 is 0 Å². The van der Waals surface area contributed by atoms with Crippen LogP contribution in [-0.2, 0) is 9.59 Å². The molecule has 2 amide bonds. The van der Waals surface area contributed by atoms with E-state index in [-0.39, 0.29) is 18.0 Å². The number of benzene rings is 2. The first kappa shape index (κ1) is 20.3. The molecule has 0 saturated heterocycles. The summed E-state index contributed by atoms with van der Waals surface area (Å²) in [7, 11) is 0. The summed E-state index contributed by atoms with van der Waals surface area (Å²) in [5.74, 6) is -0.890.